The minimum Gasteiger partial charge on any atom is -0.465 e. The molecule has 4 heterocycles. The van der Waals surface area contributed by atoms with Crippen LogP contribution in [0.1, 0.15) is 29.7 Å². The Kier molecular flexibility index (Phi) is 5.95. The van der Waals surface area contributed by atoms with Crippen LogP contribution in [0.3, 0.4) is 0 Å². The summed E-state index contributed by atoms with van der Waals surface area (Å²) in [4.78, 5) is 38.4. The molecule has 0 spiro atoms. The lowest BCUT2D eigenvalue weighted by Gasteiger charge is -2.14. The van der Waals surface area contributed by atoms with Crippen molar-refractivity contribution in [3.8, 4) is 28.2 Å². The molecular formula is C26H22ClN9O3. The maximum atomic E-state index is 13.4. The summed E-state index contributed by atoms with van der Waals surface area (Å²) in [5.41, 5.74) is 4.71. The molecule has 0 saturated carbocycles. The number of nitrogens with one attached hydrogen (secondary N) is 1. The summed E-state index contributed by atoms with van der Waals surface area (Å²) in [5.74, 6) is 1.21. The molecule has 1 amide bonds. The molecule has 0 radical (unpaired) electrons. The molecule has 0 aliphatic carbocycles. The summed E-state index contributed by atoms with van der Waals surface area (Å²) in [6.45, 7) is 1.97. The number of halogens is 1. The topological polar surface area (TPSA) is 148 Å². The van der Waals surface area contributed by atoms with Crippen LogP contribution in [-0.4, -0.2) is 58.0 Å². The van der Waals surface area contributed by atoms with Crippen LogP contribution in [0.25, 0.3) is 28.2 Å². The van der Waals surface area contributed by atoms with Gasteiger partial charge >= 0.3 is 6.09 Å². The fraction of sp³-hybridized carbons (Fsp3) is 0.192. The second-order valence-electron chi connectivity index (χ2n) is 9.27. The molecule has 12 nitrogen and oxygen atoms in total. The van der Waals surface area contributed by atoms with Gasteiger partial charge in [-0.15, -0.1) is 5.10 Å². The van der Waals surface area contributed by atoms with Crippen LogP contribution < -0.4 is 10.5 Å². The smallest absolute Gasteiger partial charge is 0.411 e. The zero-order valence-corrected chi connectivity index (χ0v) is 21.7. The number of hydrogen-bond donors (Lipinski definition) is 2. The van der Waals surface area contributed by atoms with Crippen molar-refractivity contribution in [1.29, 1.82) is 0 Å². The molecule has 0 bridgehead atoms. The minimum atomic E-state index is -1.05. The molecule has 5 aromatic rings. The number of H-pyrrole nitrogens is 1. The molecular weight excluding hydrogens is 522 g/mol. The highest BCUT2D eigenvalue weighted by molar-refractivity contribution is 6.31. The third-order valence-electron chi connectivity index (χ3n) is 6.83. The largest absolute Gasteiger partial charge is 0.465 e. The predicted molar refractivity (Wildman–Crippen MR) is 143 cm³/mol. The summed E-state index contributed by atoms with van der Waals surface area (Å²) in [6, 6.07) is 13.9. The van der Waals surface area contributed by atoms with Crippen LogP contribution in [0, 0.1) is 6.92 Å². The highest BCUT2D eigenvalue weighted by Crippen LogP contribution is 2.34. The monoisotopic (exact) mass is 543 g/mol. The first-order valence-electron chi connectivity index (χ1n) is 12.1. The van der Waals surface area contributed by atoms with Crippen LogP contribution in [-0.2, 0) is 6.42 Å². The molecule has 196 valence electrons. The van der Waals surface area contributed by atoms with E-state index in [0.717, 1.165) is 27.3 Å². The Morgan fingerprint density at radius 2 is 1.95 bits per heavy atom. The third kappa shape index (κ3) is 4.34. The minimum absolute atomic E-state index is 0.197. The summed E-state index contributed by atoms with van der Waals surface area (Å²) < 4.78 is 3.20. The summed E-state index contributed by atoms with van der Waals surface area (Å²) in [7, 11) is 1.47. The zero-order valence-electron chi connectivity index (χ0n) is 20.9. The number of rotatable bonds is 5. The maximum Gasteiger partial charge on any atom is 0.411 e. The number of aromatic amines is 1. The van der Waals surface area contributed by atoms with E-state index in [1.807, 2.05) is 25.1 Å². The molecule has 39 heavy (non-hydrogen) atoms. The second kappa shape index (κ2) is 9.48. The fourth-order valence-corrected chi connectivity index (χ4v) is 5.09. The number of aryl methyl sites for hydroxylation is 2. The average Bonchev–Trinajstić information content (AvgIpc) is 3.68. The van der Waals surface area contributed by atoms with Gasteiger partial charge in [-0.2, -0.15) is 4.68 Å². The Hall–Kier alpha value is -4.84. The van der Waals surface area contributed by atoms with Crippen LogP contribution in [0.5, 0.6) is 0 Å². The van der Waals surface area contributed by atoms with Crippen LogP contribution >= 0.6 is 11.6 Å². The van der Waals surface area contributed by atoms with E-state index >= 15 is 0 Å². The molecule has 1 atom stereocenters. The molecule has 2 N–H and O–H groups in total. The van der Waals surface area contributed by atoms with Crippen LogP contribution in [0.15, 0.2) is 59.7 Å². The first kappa shape index (κ1) is 24.5. The van der Waals surface area contributed by atoms with E-state index in [1.165, 1.54) is 19.4 Å². The standard InChI is InChI=1S/C26H22ClN9O3/c1-14-3-8-19(35-13-28-32-33-35)17(11-14)18-12-22(37)36-20(9-10-21(36)29-18)25-30-23(24(27)31-25)15-4-6-16(7-5-15)34(2)26(38)39/h3-8,11-13,20H,9-10H2,1-2H3,(H,30,31)(H,38,39)/t20-/m0/s1. The Morgan fingerprint density at radius 3 is 2.67 bits per heavy atom. The molecule has 0 fully saturated rings. The number of carbonyl (C=O) groups is 1. The number of imidazole rings is 1. The van der Waals surface area contributed by atoms with Crippen molar-refractivity contribution >= 4 is 23.4 Å². The number of nitrogens with zero attached hydrogens (tertiary/aromatic N) is 8. The number of aromatic nitrogens is 8. The maximum absolute atomic E-state index is 13.4. The zero-order chi connectivity index (χ0) is 27.3. The Bertz CT molecular complexity index is 1760. The molecule has 1 aliphatic rings. The van der Waals surface area contributed by atoms with Gasteiger partial charge in [0.15, 0.2) is 5.15 Å². The molecule has 3 aromatic heterocycles. The van der Waals surface area contributed by atoms with Crippen molar-refractivity contribution in [2.75, 3.05) is 11.9 Å². The van der Waals surface area contributed by atoms with E-state index in [-0.39, 0.29) is 16.8 Å². The van der Waals surface area contributed by atoms with Crippen molar-refractivity contribution in [1.82, 2.24) is 39.7 Å². The molecule has 0 saturated heterocycles. The lowest BCUT2D eigenvalue weighted by molar-refractivity contribution is 0.203. The van der Waals surface area contributed by atoms with E-state index in [1.54, 1.807) is 33.5 Å². The summed E-state index contributed by atoms with van der Waals surface area (Å²) >= 11 is 6.50. The Morgan fingerprint density at radius 1 is 1.15 bits per heavy atom. The molecule has 1 aliphatic heterocycles. The first-order valence-corrected chi connectivity index (χ1v) is 12.5. The molecule has 13 heteroatoms. The molecule has 2 aromatic carbocycles. The van der Waals surface area contributed by atoms with E-state index in [2.05, 4.69) is 25.5 Å². The number of fused-ring (bicyclic) bond motifs is 1. The van der Waals surface area contributed by atoms with Gasteiger partial charge in [-0.1, -0.05) is 35.4 Å². The summed E-state index contributed by atoms with van der Waals surface area (Å²) in [6.07, 6.45) is 1.66. The van der Waals surface area contributed by atoms with Crippen molar-refractivity contribution in [2.24, 2.45) is 0 Å². The average molecular weight is 544 g/mol. The van der Waals surface area contributed by atoms with Crippen molar-refractivity contribution in [3.05, 3.63) is 87.6 Å². The number of benzene rings is 2. The van der Waals surface area contributed by atoms with Crippen LogP contribution in [0.4, 0.5) is 10.5 Å². The predicted octanol–water partition coefficient (Wildman–Crippen LogP) is 3.89. The van der Waals surface area contributed by atoms with Gasteiger partial charge in [0.25, 0.3) is 5.56 Å². The van der Waals surface area contributed by atoms with Crippen molar-refractivity contribution in [3.63, 3.8) is 0 Å². The van der Waals surface area contributed by atoms with Crippen molar-refractivity contribution < 1.29 is 9.90 Å². The lowest BCUT2D eigenvalue weighted by atomic mass is 10.1. The van der Waals surface area contributed by atoms with Gasteiger partial charge in [0.05, 0.1) is 23.1 Å². The third-order valence-corrected chi connectivity index (χ3v) is 7.10. The number of anilines is 1. The quantitative estimate of drug-likeness (QED) is 0.339. The Labute approximate surface area is 226 Å². The SMILES string of the molecule is Cc1ccc(-n2cnnn2)c(-c2cc(=O)n3c(n2)CC[C@H]3c2nc(Cl)c(-c3ccc(N(C)C(=O)O)cc3)[nH]2)c1. The lowest BCUT2D eigenvalue weighted by Crippen LogP contribution is -2.25. The van der Waals surface area contributed by atoms with E-state index in [0.29, 0.717) is 41.6 Å². The number of tetrazole rings is 1. The number of amides is 1. The first-order chi connectivity index (χ1) is 18.8. The second-order valence-corrected chi connectivity index (χ2v) is 9.63. The van der Waals surface area contributed by atoms with Gasteiger partial charge in [0, 0.05) is 36.3 Å². The Balaban J connectivity index is 1.35. The number of hydrogen-bond acceptors (Lipinski definition) is 7. The van der Waals surface area contributed by atoms with Gasteiger partial charge in [-0.3, -0.25) is 14.3 Å². The van der Waals surface area contributed by atoms with Crippen molar-refractivity contribution in [2.45, 2.75) is 25.8 Å². The molecule has 6 rings (SSSR count). The van der Waals surface area contributed by atoms with E-state index in [9.17, 15) is 14.7 Å². The highest BCUT2D eigenvalue weighted by atomic mass is 35.5. The van der Waals surface area contributed by atoms with Gasteiger partial charge in [0.2, 0.25) is 0 Å². The van der Waals surface area contributed by atoms with Crippen LogP contribution in [0.2, 0.25) is 5.15 Å². The van der Waals surface area contributed by atoms with Gasteiger partial charge < -0.3 is 10.1 Å². The number of carboxylic acid groups (broad SMARTS) is 1. The fourth-order valence-electron chi connectivity index (χ4n) is 4.85. The van der Waals surface area contributed by atoms with E-state index in [4.69, 9.17) is 16.6 Å². The normalized spacial score (nSPS) is 14.4. The van der Waals surface area contributed by atoms with E-state index < -0.39 is 6.09 Å². The highest BCUT2D eigenvalue weighted by Gasteiger charge is 2.30. The van der Waals surface area contributed by atoms with Gasteiger partial charge in [-0.25, -0.2) is 14.8 Å². The van der Waals surface area contributed by atoms with Gasteiger partial charge in [-0.05, 0) is 48.0 Å². The van der Waals surface area contributed by atoms with Gasteiger partial charge in [0.1, 0.15) is 18.0 Å². The molecule has 0 unspecified atom stereocenters. The summed E-state index contributed by atoms with van der Waals surface area (Å²) in [5, 5.41) is 20.9.